The van der Waals surface area contributed by atoms with Crippen molar-refractivity contribution >= 4 is 27.9 Å². The number of carbonyl (C=O) groups excluding carboxylic acids is 1. The van der Waals surface area contributed by atoms with Crippen molar-refractivity contribution in [3.05, 3.63) is 38.3 Å². The number of aldehydes is 1. The van der Waals surface area contributed by atoms with Crippen LogP contribution in [0.1, 0.15) is 12.5 Å². The van der Waals surface area contributed by atoms with Crippen molar-refractivity contribution in [2.45, 2.75) is 18.5 Å². The predicted molar refractivity (Wildman–Crippen MR) is 72.0 cm³/mol. The molecule has 0 radical (unpaired) electrons. The lowest BCUT2D eigenvalue weighted by molar-refractivity contribution is -0.385. The third kappa shape index (κ3) is 2.99. The first-order valence-electron chi connectivity index (χ1n) is 5.71. The van der Waals surface area contributed by atoms with E-state index in [2.05, 4.69) is 21.2 Å². The van der Waals surface area contributed by atoms with Crippen LogP contribution in [0.25, 0.3) is 0 Å². The second kappa shape index (κ2) is 5.36. The van der Waals surface area contributed by atoms with Gasteiger partial charge in [0.1, 0.15) is 6.29 Å². The van der Waals surface area contributed by atoms with E-state index in [-0.39, 0.29) is 5.69 Å². The van der Waals surface area contributed by atoms with Gasteiger partial charge in [0.05, 0.1) is 29.7 Å². The molecule has 0 spiro atoms. The highest BCUT2D eigenvalue weighted by atomic mass is 79.9. The monoisotopic (exact) mass is 328 g/mol. The first kappa shape index (κ1) is 14.1. The van der Waals surface area contributed by atoms with Crippen LogP contribution < -0.4 is 5.32 Å². The van der Waals surface area contributed by atoms with E-state index in [1.807, 2.05) is 6.92 Å². The highest BCUT2D eigenvalue weighted by molar-refractivity contribution is 9.10. The van der Waals surface area contributed by atoms with Gasteiger partial charge in [0.25, 0.3) is 5.69 Å². The number of nitro benzene ring substituents is 1. The summed E-state index contributed by atoms with van der Waals surface area (Å²) in [5.74, 6) is 0. The standard InChI is InChI=1S/C12H13BrN2O4/c1-12(7-19-6-10(5-16)14-12)8-2-9(13)4-11(3-8)15(17)18/h2-5,10,14H,6-7H2,1H3. The number of carbonyl (C=O) groups is 1. The van der Waals surface area contributed by atoms with Gasteiger partial charge in [-0.2, -0.15) is 0 Å². The molecule has 2 unspecified atom stereocenters. The van der Waals surface area contributed by atoms with Crippen molar-refractivity contribution in [3.63, 3.8) is 0 Å². The smallest absolute Gasteiger partial charge is 0.270 e. The van der Waals surface area contributed by atoms with E-state index in [0.29, 0.717) is 23.2 Å². The maximum atomic E-state index is 10.9. The van der Waals surface area contributed by atoms with Crippen molar-refractivity contribution in [3.8, 4) is 0 Å². The minimum absolute atomic E-state index is 0.000580. The molecule has 0 aliphatic carbocycles. The molecular weight excluding hydrogens is 316 g/mol. The lowest BCUT2D eigenvalue weighted by Gasteiger charge is -2.38. The van der Waals surface area contributed by atoms with Crippen molar-refractivity contribution in [1.29, 1.82) is 0 Å². The largest absolute Gasteiger partial charge is 0.377 e. The van der Waals surface area contributed by atoms with Crippen LogP contribution in [0.4, 0.5) is 5.69 Å². The number of benzene rings is 1. The Kier molecular flexibility index (Phi) is 3.98. The summed E-state index contributed by atoms with van der Waals surface area (Å²) in [5.41, 5.74) is 0.0824. The fourth-order valence-electron chi connectivity index (χ4n) is 2.12. The van der Waals surface area contributed by atoms with Gasteiger partial charge in [-0.15, -0.1) is 0 Å². The molecule has 19 heavy (non-hydrogen) atoms. The molecule has 1 heterocycles. The third-order valence-electron chi connectivity index (χ3n) is 3.09. The maximum absolute atomic E-state index is 10.9. The summed E-state index contributed by atoms with van der Waals surface area (Å²) < 4.78 is 6.02. The fourth-order valence-corrected chi connectivity index (χ4v) is 2.60. The molecule has 2 rings (SSSR count). The second-order valence-electron chi connectivity index (χ2n) is 4.69. The molecule has 0 bridgehead atoms. The zero-order valence-electron chi connectivity index (χ0n) is 10.3. The summed E-state index contributed by atoms with van der Waals surface area (Å²) in [6.07, 6.45) is 0.782. The topological polar surface area (TPSA) is 81.5 Å². The van der Waals surface area contributed by atoms with Gasteiger partial charge in [-0.05, 0) is 18.6 Å². The normalized spacial score (nSPS) is 26.9. The predicted octanol–water partition coefficient (Wildman–Crippen LogP) is 1.76. The van der Waals surface area contributed by atoms with Gasteiger partial charge in [-0.25, -0.2) is 0 Å². The average molecular weight is 329 g/mol. The molecule has 2 atom stereocenters. The Hall–Kier alpha value is -1.31. The van der Waals surface area contributed by atoms with E-state index in [0.717, 1.165) is 6.29 Å². The summed E-state index contributed by atoms with van der Waals surface area (Å²) in [4.78, 5) is 21.3. The molecule has 1 aliphatic heterocycles. The van der Waals surface area contributed by atoms with Gasteiger partial charge in [-0.3, -0.25) is 15.4 Å². The van der Waals surface area contributed by atoms with Crippen molar-refractivity contribution < 1.29 is 14.5 Å². The second-order valence-corrected chi connectivity index (χ2v) is 5.61. The molecule has 0 amide bonds. The van der Waals surface area contributed by atoms with E-state index in [4.69, 9.17) is 4.74 Å². The zero-order chi connectivity index (χ0) is 14.0. The summed E-state index contributed by atoms with van der Waals surface area (Å²) in [7, 11) is 0. The molecule has 6 nitrogen and oxygen atoms in total. The Morgan fingerprint density at radius 2 is 2.32 bits per heavy atom. The van der Waals surface area contributed by atoms with E-state index < -0.39 is 16.5 Å². The van der Waals surface area contributed by atoms with E-state index >= 15 is 0 Å². The molecule has 102 valence electrons. The van der Waals surface area contributed by atoms with E-state index in [1.54, 1.807) is 6.07 Å². The number of halogens is 1. The van der Waals surface area contributed by atoms with Crippen LogP contribution in [0.2, 0.25) is 0 Å². The minimum Gasteiger partial charge on any atom is -0.377 e. The van der Waals surface area contributed by atoms with Gasteiger partial charge < -0.3 is 9.53 Å². The SMILES string of the molecule is CC1(c2cc(Br)cc([N+](=O)[O-])c2)COCC(C=O)N1. The van der Waals surface area contributed by atoms with Crippen LogP contribution in [0.15, 0.2) is 22.7 Å². The molecule has 1 aromatic rings. The summed E-state index contributed by atoms with van der Waals surface area (Å²) in [6.45, 7) is 2.52. The number of hydrogen-bond acceptors (Lipinski definition) is 5. The van der Waals surface area contributed by atoms with Gasteiger partial charge >= 0.3 is 0 Å². The molecule has 0 aromatic heterocycles. The summed E-state index contributed by atoms with van der Waals surface area (Å²) in [6, 6.07) is 4.32. The molecule has 1 N–H and O–H groups in total. The third-order valence-corrected chi connectivity index (χ3v) is 3.54. The first-order valence-corrected chi connectivity index (χ1v) is 6.50. The van der Waals surface area contributed by atoms with Gasteiger partial charge in [0, 0.05) is 16.6 Å². The zero-order valence-corrected chi connectivity index (χ0v) is 11.8. The Morgan fingerprint density at radius 1 is 1.58 bits per heavy atom. The van der Waals surface area contributed by atoms with Crippen LogP contribution >= 0.6 is 15.9 Å². The number of rotatable bonds is 3. The molecule has 1 saturated heterocycles. The number of hydrogen-bond donors (Lipinski definition) is 1. The fraction of sp³-hybridized carbons (Fsp3) is 0.417. The van der Waals surface area contributed by atoms with Crippen molar-refractivity contribution in [1.82, 2.24) is 5.32 Å². The number of nitrogens with zero attached hydrogens (tertiary/aromatic N) is 1. The van der Waals surface area contributed by atoms with Gasteiger partial charge in [0.15, 0.2) is 0 Å². The van der Waals surface area contributed by atoms with Crippen LogP contribution in [0.5, 0.6) is 0 Å². The number of morpholine rings is 1. The first-order chi connectivity index (χ1) is 8.94. The highest BCUT2D eigenvalue weighted by Gasteiger charge is 2.34. The Labute approximate surface area is 118 Å². The Morgan fingerprint density at radius 3 is 2.95 bits per heavy atom. The quantitative estimate of drug-likeness (QED) is 0.519. The number of nitrogens with one attached hydrogen (secondary N) is 1. The molecule has 1 aromatic carbocycles. The highest BCUT2D eigenvalue weighted by Crippen LogP contribution is 2.30. The molecular formula is C12H13BrN2O4. The van der Waals surface area contributed by atoms with Crippen LogP contribution in [0.3, 0.4) is 0 Å². The molecule has 1 fully saturated rings. The van der Waals surface area contributed by atoms with Crippen LogP contribution in [0, 0.1) is 10.1 Å². The lowest BCUT2D eigenvalue weighted by Crippen LogP contribution is -2.55. The van der Waals surface area contributed by atoms with Gasteiger partial charge in [-0.1, -0.05) is 15.9 Å². The Bertz CT molecular complexity index is 522. The Balaban J connectivity index is 2.39. The maximum Gasteiger partial charge on any atom is 0.270 e. The van der Waals surface area contributed by atoms with Crippen molar-refractivity contribution in [2.24, 2.45) is 0 Å². The number of nitro groups is 1. The number of ether oxygens (including phenoxy) is 1. The number of non-ortho nitro benzene ring substituents is 1. The van der Waals surface area contributed by atoms with Crippen molar-refractivity contribution in [2.75, 3.05) is 13.2 Å². The van der Waals surface area contributed by atoms with Crippen LogP contribution in [-0.4, -0.2) is 30.5 Å². The van der Waals surface area contributed by atoms with Gasteiger partial charge in [0.2, 0.25) is 0 Å². The van der Waals surface area contributed by atoms with E-state index in [1.165, 1.54) is 12.1 Å². The summed E-state index contributed by atoms with van der Waals surface area (Å²) >= 11 is 3.26. The van der Waals surface area contributed by atoms with Crippen LogP contribution in [-0.2, 0) is 15.1 Å². The average Bonchev–Trinajstić information content (AvgIpc) is 2.38. The molecule has 0 saturated carbocycles. The lowest BCUT2D eigenvalue weighted by atomic mass is 9.90. The molecule has 7 heteroatoms. The minimum atomic E-state index is -0.627. The van der Waals surface area contributed by atoms with E-state index in [9.17, 15) is 14.9 Å². The summed E-state index contributed by atoms with van der Waals surface area (Å²) in [5, 5.41) is 14.0. The molecule has 1 aliphatic rings.